The van der Waals surface area contributed by atoms with Crippen LogP contribution in [0.4, 0.5) is 5.13 Å². The molecular weight excluding hydrogens is 136 g/mol. The Bertz CT molecular complexity index is 195. The molecule has 0 saturated carbocycles. The van der Waals surface area contributed by atoms with Crippen LogP contribution in [0.5, 0.6) is 0 Å². The Labute approximate surface area is 56.7 Å². The molecule has 0 aliphatic heterocycles. The zero-order valence-electron chi connectivity index (χ0n) is 5.05. The average molecular weight is 144 g/mol. The standard InChI is InChI=1S/C5H6N2OS/c1-4(8)7-5-6-2-3-9-5/h2-3H,1H3,(H,6,7,8)/p+2. The Hall–Kier alpha value is -0.740. The van der Waals surface area contributed by atoms with Crippen LogP contribution in [0.1, 0.15) is 6.92 Å². The SMILES string of the molecule is CC(=O)[NH2+]c1[nH+]ccs1. The molecule has 0 fully saturated rings. The molecule has 0 aliphatic rings. The normalized spacial score (nSPS) is 9.44. The van der Waals surface area contributed by atoms with Crippen molar-refractivity contribution in [2.45, 2.75) is 6.92 Å². The Morgan fingerprint density at radius 1 is 1.89 bits per heavy atom. The first-order chi connectivity index (χ1) is 4.29. The largest absolute Gasteiger partial charge is 0.432 e. The maximum absolute atomic E-state index is 10.4. The molecule has 4 heteroatoms. The summed E-state index contributed by atoms with van der Waals surface area (Å²) in [6, 6.07) is 0. The fourth-order valence-electron chi connectivity index (χ4n) is 0.518. The van der Waals surface area contributed by atoms with Crippen molar-refractivity contribution in [1.29, 1.82) is 0 Å². The van der Waals surface area contributed by atoms with Crippen molar-refractivity contribution in [2.75, 3.05) is 0 Å². The molecule has 0 saturated heterocycles. The second-order valence-electron chi connectivity index (χ2n) is 1.68. The number of aromatic nitrogens is 1. The summed E-state index contributed by atoms with van der Waals surface area (Å²) in [5.74, 6) is 0.0775. The zero-order chi connectivity index (χ0) is 6.69. The number of amides is 1. The molecule has 1 rings (SSSR count). The van der Waals surface area contributed by atoms with E-state index in [0.29, 0.717) is 0 Å². The van der Waals surface area contributed by atoms with Gasteiger partial charge in [0.25, 0.3) is 0 Å². The van der Waals surface area contributed by atoms with Crippen molar-refractivity contribution in [3.05, 3.63) is 11.6 Å². The number of thiazole rings is 1. The number of quaternary nitrogens is 1. The van der Waals surface area contributed by atoms with Gasteiger partial charge in [-0.2, -0.15) is 10.3 Å². The molecule has 0 spiro atoms. The molecule has 48 valence electrons. The van der Waals surface area contributed by atoms with Crippen molar-refractivity contribution in [3.63, 3.8) is 0 Å². The van der Waals surface area contributed by atoms with Gasteiger partial charge in [-0.1, -0.05) is 0 Å². The van der Waals surface area contributed by atoms with Gasteiger partial charge in [0.15, 0.2) is 6.20 Å². The highest BCUT2D eigenvalue weighted by atomic mass is 32.1. The van der Waals surface area contributed by atoms with Gasteiger partial charge in [0.05, 0.1) is 12.3 Å². The lowest BCUT2D eigenvalue weighted by Crippen LogP contribution is -2.82. The fourth-order valence-corrected chi connectivity index (χ4v) is 1.17. The molecule has 1 heterocycles. The predicted octanol–water partition coefficient (Wildman–Crippen LogP) is -0.696. The number of primary amides is 1. The molecule has 3 N–H and O–H groups in total. The van der Waals surface area contributed by atoms with Crippen LogP contribution in [-0.2, 0) is 4.79 Å². The summed E-state index contributed by atoms with van der Waals surface area (Å²) in [6.07, 6.45) is 1.80. The molecule has 1 amide bonds. The number of nitrogens with one attached hydrogen (secondary N) is 1. The molecule has 0 unspecified atom stereocenters. The molecular formula is C5H8N2OS+2. The third kappa shape index (κ3) is 1.91. The van der Waals surface area contributed by atoms with Gasteiger partial charge in [0.2, 0.25) is 0 Å². The number of carbonyl (C=O) groups excluding carboxylic acids is 1. The summed E-state index contributed by atoms with van der Waals surface area (Å²) >= 11 is 1.52. The molecule has 0 aliphatic carbocycles. The fraction of sp³-hybridized carbons (Fsp3) is 0.200. The van der Waals surface area contributed by atoms with Gasteiger partial charge in [0.1, 0.15) is 0 Å². The molecule has 0 bridgehead atoms. The number of hydrogen-bond acceptors (Lipinski definition) is 2. The van der Waals surface area contributed by atoms with Crippen molar-refractivity contribution >= 4 is 22.4 Å². The van der Waals surface area contributed by atoms with Crippen LogP contribution in [0.25, 0.3) is 0 Å². The average Bonchev–Trinajstić information content (AvgIpc) is 2.15. The van der Waals surface area contributed by atoms with Crippen LogP contribution >= 0.6 is 11.3 Å². The molecule has 0 radical (unpaired) electrons. The highest BCUT2D eigenvalue weighted by molar-refractivity contribution is 7.12. The number of H-pyrrole nitrogens is 1. The molecule has 3 nitrogen and oxygen atoms in total. The first-order valence-corrected chi connectivity index (χ1v) is 3.47. The molecule has 1 aromatic heterocycles. The number of nitrogens with two attached hydrogens (primary N) is 1. The lowest BCUT2D eigenvalue weighted by atomic mass is 10.7. The van der Waals surface area contributed by atoms with Crippen molar-refractivity contribution in [3.8, 4) is 0 Å². The summed E-state index contributed by atoms with van der Waals surface area (Å²) in [6.45, 7) is 1.54. The van der Waals surface area contributed by atoms with Crippen molar-refractivity contribution in [2.24, 2.45) is 0 Å². The summed E-state index contributed by atoms with van der Waals surface area (Å²) < 4.78 is 0. The van der Waals surface area contributed by atoms with Gasteiger partial charge in [-0.05, 0) is 11.3 Å². The van der Waals surface area contributed by atoms with E-state index in [1.807, 2.05) is 5.38 Å². The second-order valence-corrected chi connectivity index (χ2v) is 2.63. The van der Waals surface area contributed by atoms with E-state index in [4.69, 9.17) is 0 Å². The van der Waals surface area contributed by atoms with Gasteiger partial charge in [-0.25, -0.2) is 4.79 Å². The molecule has 9 heavy (non-hydrogen) atoms. The van der Waals surface area contributed by atoms with Crippen molar-refractivity contribution < 1.29 is 15.1 Å². The van der Waals surface area contributed by atoms with E-state index in [0.717, 1.165) is 5.13 Å². The molecule has 0 atom stereocenters. The lowest BCUT2D eigenvalue weighted by Gasteiger charge is -1.78. The highest BCUT2D eigenvalue weighted by Gasteiger charge is 2.07. The topological polar surface area (TPSA) is 47.8 Å². The second kappa shape index (κ2) is 2.70. The van der Waals surface area contributed by atoms with E-state index in [2.05, 4.69) is 4.98 Å². The third-order valence-electron chi connectivity index (χ3n) is 0.823. The number of carbonyl (C=O) groups is 1. The smallest absolute Gasteiger partial charge is 0.231 e. The quantitative estimate of drug-likeness (QED) is 0.557. The minimum absolute atomic E-state index is 0.0775. The monoisotopic (exact) mass is 144 g/mol. The zero-order valence-corrected chi connectivity index (χ0v) is 5.87. The van der Waals surface area contributed by atoms with Gasteiger partial charge in [-0.3, -0.25) is 0 Å². The van der Waals surface area contributed by atoms with E-state index < -0.39 is 0 Å². The van der Waals surface area contributed by atoms with Gasteiger partial charge in [-0.15, -0.1) is 0 Å². The maximum atomic E-state index is 10.4. The highest BCUT2D eigenvalue weighted by Crippen LogP contribution is 1.96. The predicted molar refractivity (Wildman–Crippen MR) is 33.1 cm³/mol. The Morgan fingerprint density at radius 3 is 3.11 bits per heavy atom. The Morgan fingerprint density at radius 2 is 2.67 bits per heavy atom. The maximum Gasteiger partial charge on any atom is 0.432 e. The van der Waals surface area contributed by atoms with Crippen LogP contribution in [-0.4, -0.2) is 5.91 Å². The van der Waals surface area contributed by atoms with Crippen molar-refractivity contribution in [1.82, 2.24) is 0 Å². The minimum atomic E-state index is 0.0775. The van der Waals surface area contributed by atoms with Crippen LogP contribution in [0.3, 0.4) is 0 Å². The summed E-state index contributed by atoms with van der Waals surface area (Å²) in [7, 11) is 0. The van der Waals surface area contributed by atoms with E-state index in [-0.39, 0.29) is 5.91 Å². The summed E-state index contributed by atoms with van der Waals surface area (Å²) in [5, 5.41) is 4.38. The van der Waals surface area contributed by atoms with Gasteiger partial charge >= 0.3 is 11.0 Å². The van der Waals surface area contributed by atoms with E-state index in [9.17, 15) is 4.79 Å². The Balaban J connectivity index is 2.58. The van der Waals surface area contributed by atoms with Crippen LogP contribution in [0, 0.1) is 0 Å². The summed E-state index contributed by atoms with van der Waals surface area (Å²) in [5.41, 5.74) is 0. The minimum Gasteiger partial charge on any atom is -0.231 e. The number of rotatable bonds is 1. The Kier molecular flexibility index (Phi) is 1.92. The number of hydrogen-bond donors (Lipinski definition) is 1. The number of aromatic amines is 1. The van der Waals surface area contributed by atoms with Gasteiger partial charge in [0, 0.05) is 0 Å². The first kappa shape index (κ1) is 6.38. The van der Waals surface area contributed by atoms with Gasteiger partial charge < -0.3 is 0 Å². The first-order valence-electron chi connectivity index (χ1n) is 2.59. The van der Waals surface area contributed by atoms with E-state index in [1.165, 1.54) is 18.3 Å². The third-order valence-corrected chi connectivity index (χ3v) is 1.58. The summed E-state index contributed by atoms with van der Waals surface area (Å²) in [4.78, 5) is 13.4. The molecule has 1 aromatic rings. The van der Waals surface area contributed by atoms with Crippen LogP contribution in [0.2, 0.25) is 0 Å². The van der Waals surface area contributed by atoms with Crippen LogP contribution in [0.15, 0.2) is 11.6 Å². The molecule has 0 aromatic carbocycles. The lowest BCUT2D eigenvalue weighted by molar-refractivity contribution is -0.573. The van der Waals surface area contributed by atoms with Crippen LogP contribution < -0.4 is 10.3 Å². The van der Waals surface area contributed by atoms with E-state index >= 15 is 0 Å². The van der Waals surface area contributed by atoms with E-state index in [1.54, 1.807) is 11.5 Å².